The summed E-state index contributed by atoms with van der Waals surface area (Å²) in [6, 6.07) is 13.6. The molecule has 0 spiro atoms. The minimum absolute atomic E-state index is 0.107. The minimum Gasteiger partial charge on any atom is -0.325 e. The molecule has 2 aromatic carbocycles. The molecule has 0 saturated carbocycles. The summed E-state index contributed by atoms with van der Waals surface area (Å²) in [5.41, 5.74) is 6.43. The average molecular weight is 450 g/mol. The van der Waals surface area contributed by atoms with E-state index in [0.29, 0.717) is 15.4 Å². The van der Waals surface area contributed by atoms with Crippen molar-refractivity contribution in [2.45, 2.75) is 32.9 Å². The largest absolute Gasteiger partial charge is 0.325 e. The number of anilines is 1. The molecule has 0 bridgehead atoms. The van der Waals surface area contributed by atoms with Gasteiger partial charge in [-0.1, -0.05) is 41.6 Å². The van der Waals surface area contributed by atoms with E-state index in [1.807, 2.05) is 75.5 Å². The lowest BCUT2D eigenvalue weighted by molar-refractivity contribution is -0.113. The van der Waals surface area contributed by atoms with E-state index < -0.39 is 0 Å². The lowest BCUT2D eigenvalue weighted by Crippen LogP contribution is -2.23. The second kappa shape index (κ2) is 8.69. The molecule has 0 aliphatic heterocycles. The SMILES string of the molecule is Cc1ccc(-n2c(SCC(=O)Nc3cccc(C)c3C)nc3ccsc3c2=O)c(C)c1. The zero-order valence-corrected chi connectivity index (χ0v) is 19.5. The molecule has 0 saturated heterocycles. The van der Waals surface area contributed by atoms with Crippen LogP contribution in [0.3, 0.4) is 0 Å². The predicted molar refractivity (Wildman–Crippen MR) is 130 cm³/mol. The third-order valence-electron chi connectivity index (χ3n) is 5.25. The molecule has 2 heterocycles. The van der Waals surface area contributed by atoms with Gasteiger partial charge in [0.05, 0.1) is 17.0 Å². The fourth-order valence-corrected chi connectivity index (χ4v) is 5.03. The number of aryl methyl sites for hydroxylation is 3. The molecule has 7 heteroatoms. The summed E-state index contributed by atoms with van der Waals surface area (Å²) in [5.74, 6) is 0.0194. The highest BCUT2D eigenvalue weighted by Crippen LogP contribution is 2.26. The quantitative estimate of drug-likeness (QED) is 0.327. The van der Waals surface area contributed by atoms with Crippen LogP contribution in [0.5, 0.6) is 0 Å². The van der Waals surface area contributed by atoms with Crippen molar-refractivity contribution < 1.29 is 4.79 Å². The van der Waals surface area contributed by atoms with E-state index in [4.69, 9.17) is 4.98 Å². The van der Waals surface area contributed by atoms with Crippen LogP contribution >= 0.6 is 23.1 Å². The Morgan fingerprint density at radius 1 is 1.10 bits per heavy atom. The van der Waals surface area contributed by atoms with Crippen LogP contribution < -0.4 is 10.9 Å². The van der Waals surface area contributed by atoms with Crippen LogP contribution in [0.15, 0.2) is 57.8 Å². The van der Waals surface area contributed by atoms with Gasteiger partial charge >= 0.3 is 0 Å². The van der Waals surface area contributed by atoms with Gasteiger partial charge in [-0.2, -0.15) is 0 Å². The van der Waals surface area contributed by atoms with Crippen LogP contribution in [0.2, 0.25) is 0 Å². The number of aromatic nitrogens is 2. The van der Waals surface area contributed by atoms with E-state index >= 15 is 0 Å². The molecule has 0 aliphatic carbocycles. The number of carbonyl (C=O) groups excluding carboxylic acids is 1. The Morgan fingerprint density at radius 3 is 2.68 bits per heavy atom. The number of hydrogen-bond donors (Lipinski definition) is 1. The van der Waals surface area contributed by atoms with Crippen molar-refractivity contribution in [3.05, 3.63) is 80.5 Å². The number of rotatable bonds is 5. The zero-order valence-electron chi connectivity index (χ0n) is 17.9. The van der Waals surface area contributed by atoms with E-state index in [2.05, 4.69) is 5.32 Å². The zero-order chi connectivity index (χ0) is 22.1. The Balaban J connectivity index is 1.67. The number of thioether (sulfide) groups is 1. The van der Waals surface area contributed by atoms with Gasteiger partial charge in [0.25, 0.3) is 5.56 Å². The highest BCUT2D eigenvalue weighted by Gasteiger charge is 2.17. The van der Waals surface area contributed by atoms with Gasteiger partial charge in [-0.3, -0.25) is 14.2 Å². The molecule has 31 heavy (non-hydrogen) atoms. The number of amides is 1. The van der Waals surface area contributed by atoms with Crippen LogP contribution in [0.25, 0.3) is 15.9 Å². The van der Waals surface area contributed by atoms with Crippen molar-refractivity contribution in [3.8, 4) is 5.69 Å². The van der Waals surface area contributed by atoms with E-state index in [-0.39, 0.29) is 17.2 Å². The van der Waals surface area contributed by atoms with Gasteiger partial charge in [0.1, 0.15) is 4.70 Å². The number of carbonyl (C=O) groups is 1. The molecule has 0 unspecified atom stereocenters. The molecule has 2 aromatic heterocycles. The summed E-state index contributed by atoms with van der Waals surface area (Å²) in [7, 11) is 0. The van der Waals surface area contributed by atoms with Gasteiger partial charge in [-0.15, -0.1) is 11.3 Å². The lowest BCUT2D eigenvalue weighted by atomic mass is 10.1. The highest BCUT2D eigenvalue weighted by molar-refractivity contribution is 7.99. The van der Waals surface area contributed by atoms with Crippen molar-refractivity contribution in [2.24, 2.45) is 0 Å². The molecule has 0 radical (unpaired) electrons. The Labute approximate surface area is 189 Å². The second-order valence-electron chi connectivity index (χ2n) is 7.54. The van der Waals surface area contributed by atoms with E-state index in [1.165, 1.54) is 23.1 Å². The normalized spacial score (nSPS) is 11.1. The molecule has 1 N–H and O–H groups in total. The van der Waals surface area contributed by atoms with Crippen LogP contribution in [-0.2, 0) is 4.79 Å². The molecule has 0 aliphatic rings. The monoisotopic (exact) mass is 449 g/mol. The van der Waals surface area contributed by atoms with Crippen molar-refractivity contribution in [1.82, 2.24) is 9.55 Å². The van der Waals surface area contributed by atoms with E-state index in [9.17, 15) is 9.59 Å². The first-order valence-corrected chi connectivity index (χ1v) is 11.8. The standard InChI is InChI=1S/C24H23N3O2S2/c1-14-8-9-20(16(3)12-14)27-23(29)22-19(10-11-30-22)26-24(27)31-13-21(28)25-18-7-5-6-15(2)17(18)4/h5-12H,13H2,1-4H3,(H,25,28). The Kier molecular flexibility index (Phi) is 5.98. The van der Waals surface area contributed by atoms with Crippen molar-refractivity contribution in [1.29, 1.82) is 0 Å². The molecule has 4 rings (SSSR count). The van der Waals surface area contributed by atoms with Gasteiger partial charge in [0.2, 0.25) is 5.91 Å². The first-order valence-electron chi connectivity index (χ1n) is 9.92. The van der Waals surface area contributed by atoms with Crippen LogP contribution in [0.1, 0.15) is 22.3 Å². The third-order valence-corrected chi connectivity index (χ3v) is 7.08. The Morgan fingerprint density at radius 2 is 1.90 bits per heavy atom. The Bertz CT molecular complexity index is 1350. The fraction of sp³-hybridized carbons (Fsp3) is 0.208. The van der Waals surface area contributed by atoms with Crippen LogP contribution in [0, 0.1) is 27.7 Å². The molecule has 4 aromatic rings. The van der Waals surface area contributed by atoms with Crippen LogP contribution in [0.4, 0.5) is 5.69 Å². The number of benzene rings is 2. The number of fused-ring (bicyclic) bond motifs is 1. The maximum Gasteiger partial charge on any atom is 0.276 e. The number of hydrogen-bond acceptors (Lipinski definition) is 5. The number of nitrogens with one attached hydrogen (secondary N) is 1. The van der Waals surface area contributed by atoms with Gasteiger partial charge in [-0.25, -0.2) is 4.98 Å². The van der Waals surface area contributed by atoms with Gasteiger partial charge < -0.3 is 5.32 Å². The van der Waals surface area contributed by atoms with E-state index in [1.54, 1.807) is 4.57 Å². The third kappa shape index (κ3) is 4.29. The van der Waals surface area contributed by atoms with E-state index in [0.717, 1.165) is 33.6 Å². The molecule has 5 nitrogen and oxygen atoms in total. The number of thiophene rings is 1. The molecule has 1 amide bonds. The smallest absolute Gasteiger partial charge is 0.276 e. The molecular weight excluding hydrogens is 426 g/mol. The summed E-state index contributed by atoms with van der Waals surface area (Å²) < 4.78 is 2.24. The summed E-state index contributed by atoms with van der Waals surface area (Å²) in [4.78, 5) is 30.7. The fourth-order valence-electron chi connectivity index (χ4n) is 3.46. The molecule has 158 valence electrons. The maximum absolute atomic E-state index is 13.3. The topological polar surface area (TPSA) is 64.0 Å². The summed E-state index contributed by atoms with van der Waals surface area (Å²) in [6.07, 6.45) is 0. The lowest BCUT2D eigenvalue weighted by Gasteiger charge is -2.15. The van der Waals surface area contributed by atoms with Crippen LogP contribution in [-0.4, -0.2) is 21.2 Å². The van der Waals surface area contributed by atoms with Crippen molar-refractivity contribution >= 4 is 44.9 Å². The first-order chi connectivity index (χ1) is 14.8. The molecule has 0 fully saturated rings. The van der Waals surface area contributed by atoms with Crippen molar-refractivity contribution in [2.75, 3.05) is 11.1 Å². The maximum atomic E-state index is 13.3. The second-order valence-corrected chi connectivity index (χ2v) is 9.40. The van der Waals surface area contributed by atoms with Crippen molar-refractivity contribution in [3.63, 3.8) is 0 Å². The highest BCUT2D eigenvalue weighted by atomic mass is 32.2. The van der Waals surface area contributed by atoms with Gasteiger partial charge in [0.15, 0.2) is 5.16 Å². The average Bonchev–Trinajstić information content (AvgIpc) is 3.20. The summed E-state index contributed by atoms with van der Waals surface area (Å²) >= 11 is 2.65. The predicted octanol–water partition coefficient (Wildman–Crippen LogP) is 5.41. The molecule has 0 atom stereocenters. The summed E-state index contributed by atoms with van der Waals surface area (Å²) in [5, 5.41) is 5.35. The minimum atomic E-state index is -0.134. The first kappa shape index (κ1) is 21.3. The number of nitrogens with zero attached hydrogens (tertiary/aromatic N) is 2. The molecular formula is C24H23N3O2S2. The van der Waals surface area contributed by atoms with Gasteiger partial charge in [0, 0.05) is 5.69 Å². The Hall–Kier alpha value is -2.90. The summed E-state index contributed by atoms with van der Waals surface area (Å²) in [6.45, 7) is 8.01. The van der Waals surface area contributed by atoms with Gasteiger partial charge in [-0.05, 0) is 68.0 Å².